The molecule has 0 aliphatic heterocycles. The van der Waals surface area contributed by atoms with Gasteiger partial charge in [0.25, 0.3) is 0 Å². The molecule has 25 heavy (non-hydrogen) atoms. The van der Waals surface area contributed by atoms with E-state index in [-0.39, 0.29) is 18.4 Å². The standard InChI is InChI=1S/C19H25N3O3/c1-13-19(24)16(14(12-23)9-21-13)10-20-11-17(22(2)3)15-7-5-6-8-18(15)25-4/h5-10,17,23-24H,11-12H2,1-4H3/p+1/t17-/m1/s1. The van der Waals surface area contributed by atoms with Gasteiger partial charge in [-0.25, -0.2) is 0 Å². The van der Waals surface area contributed by atoms with Gasteiger partial charge in [-0.05, 0) is 19.1 Å². The summed E-state index contributed by atoms with van der Waals surface area (Å²) < 4.78 is 5.47. The van der Waals surface area contributed by atoms with E-state index >= 15 is 0 Å². The van der Waals surface area contributed by atoms with Crippen LogP contribution in [0.5, 0.6) is 11.5 Å². The molecule has 0 bridgehead atoms. The largest absolute Gasteiger partial charge is 0.505 e. The molecule has 0 aliphatic carbocycles. The topological polar surface area (TPSA) is 79.4 Å². The predicted molar refractivity (Wildman–Crippen MR) is 97.6 cm³/mol. The van der Waals surface area contributed by atoms with Crippen LogP contribution < -0.4 is 9.64 Å². The zero-order valence-electron chi connectivity index (χ0n) is 15.2. The number of hydrogen-bond acceptors (Lipinski definition) is 5. The van der Waals surface area contributed by atoms with Crippen LogP contribution in [0.2, 0.25) is 0 Å². The molecule has 1 atom stereocenters. The maximum atomic E-state index is 10.2. The summed E-state index contributed by atoms with van der Waals surface area (Å²) in [6, 6.07) is 8.02. The number of quaternary nitrogens is 1. The van der Waals surface area contributed by atoms with Crippen LogP contribution >= 0.6 is 0 Å². The average molecular weight is 344 g/mol. The molecule has 0 spiro atoms. The van der Waals surface area contributed by atoms with Crippen LogP contribution in [-0.4, -0.2) is 49.2 Å². The first-order valence-electron chi connectivity index (χ1n) is 8.20. The molecule has 0 saturated carbocycles. The fraction of sp³-hybridized carbons (Fsp3) is 0.368. The van der Waals surface area contributed by atoms with Crippen molar-refractivity contribution in [2.45, 2.75) is 19.6 Å². The first-order valence-corrected chi connectivity index (χ1v) is 8.20. The number of nitrogens with zero attached hydrogens (tertiary/aromatic N) is 2. The minimum absolute atomic E-state index is 0.0568. The number of pyridine rings is 1. The lowest BCUT2D eigenvalue weighted by Gasteiger charge is -2.22. The highest BCUT2D eigenvalue weighted by molar-refractivity contribution is 5.85. The van der Waals surface area contributed by atoms with Crippen molar-refractivity contribution in [1.29, 1.82) is 0 Å². The summed E-state index contributed by atoms with van der Waals surface area (Å²) in [4.78, 5) is 9.81. The first kappa shape index (κ1) is 18.9. The summed E-state index contributed by atoms with van der Waals surface area (Å²) in [6.45, 7) is 2.04. The van der Waals surface area contributed by atoms with E-state index in [0.29, 0.717) is 23.4 Å². The fourth-order valence-corrected chi connectivity index (χ4v) is 2.72. The van der Waals surface area contributed by atoms with Crippen molar-refractivity contribution < 1.29 is 19.8 Å². The third-order valence-electron chi connectivity index (χ3n) is 4.25. The molecule has 0 radical (unpaired) electrons. The summed E-state index contributed by atoms with van der Waals surface area (Å²) in [5, 5.41) is 19.6. The zero-order chi connectivity index (χ0) is 18.4. The number of para-hydroxylation sites is 1. The highest BCUT2D eigenvalue weighted by Gasteiger charge is 2.21. The molecular weight excluding hydrogens is 318 g/mol. The van der Waals surface area contributed by atoms with Crippen molar-refractivity contribution in [1.82, 2.24) is 4.98 Å². The second-order valence-electron chi connectivity index (χ2n) is 6.16. The van der Waals surface area contributed by atoms with E-state index in [1.165, 1.54) is 4.90 Å². The molecule has 6 nitrogen and oxygen atoms in total. The lowest BCUT2D eigenvalue weighted by atomic mass is 10.0. The molecule has 2 rings (SSSR count). The number of ether oxygens (including phenoxy) is 1. The number of benzene rings is 1. The molecule has 3 N–H and O–H groups in total. The lowest BCUT2D eigenvalue weighted by Crippen LogP contribution is -3.06. The van der Waals surface area contributed by atoms with E-state index in [4.69, 9.17) is 4.74 Å². The number of aliphatic hydroxyl groups excluding tert-OH is 1. The fourth-order valence-electron chi connectivity index (χ4n) is 2.72. The molecular formula is C19H26N3O3+. The van der Waals surface area contributed by atoms with Crippen molar-refractivity contribution in [2.75, 3.05) is 27.7 Å². The molecule has 1 aromatic heterocycles. The summed E-state index contributed by atoms with van der Waals surface area (Å²) in [5.41, 5.74) is 2.67. The van der Waals surface area contributed by atoms with Gasteiger partial charge in [-0.15, -0.1) is 0 Å². The first-order chi connectivity index (χ1) is 12.0. The summed E-state index contributed by atoms with van der Waals surface area (Å²) in [5.74, 6) is 0.892. The van der Waals surface area contributed by atoms with Crippen LogP contribution in [0.4, 0.5) is 0 Å². The number of aliphatic imine (C=N–C) groups is 1. The Morgan fingerprint density at radius 3 is 2.68 bits per heavy atom. The van der Waals surface area contributed by atoms with Crippen molar-refractivity contribution in [2.24, 2.45) is 4.99 Å². The van der Waals surface area contributed by atoms with Crippen LogP contribution in [0, 0.1) is 6.92 Å². The van der Waals surface area contributed by atoms with Gasteiger partial charge in [-0.3, -0.25) is 9.98 Å². The normalized spacial score (nSPS) is 12.7. The minimum Gasteiger partial charge on any atom is -0.505 e. The summed E-state index contributed by atoms with van der Waals surface area (Å²) in [6.07, 6.45) is 3.17. The number of hydrogen-bond donors (Lipinski definition) is 3. The van der Waals surface area contributed by atoms with Crippen molar-refractivity contribution >= 4 is 6.21 Å². The van der Waals surface area contributed by atoms with Crippen LogP contribution in [0.25, 0.3) is 0 Å². The Bertz CT molecular complexity index is 745. The predicted octanol–water partition coefficient (Wildman–Crippen LogP) is 0.901. The van der Waals surface area contributed by atoms with E-state index < -0.39 is 0 Å². The molecule has 0 aliphatic rings. The van der Waals surface area contributed by atoms with E-state index in [2.05, 4.69) is 24.1 Å². The monoisotopic (exact) mass is 344 g/mol. The minimum atomic E-state index is -0.197. The molecule has 0 saturated heterocycles. The van der Waals surface area contributed by atoms with Gasteiger partial charge in [0.1, 0.15) is 17.5 Å². The van der Waals surface area contributed by atoms with Gasteiger partial charge in [-0.1, -0.05) is 12.1 Å². The van der Waals surface area contributed by atoms with Crippen LogP contribution in [0.15, 0.2) is 35.5 Å². The highest BCUT2D eigenvalue weighted by Crippen LogP contribution is 2.24. The third-order valence-corrected chi connectivity index (χ3v) is 4.25. The Hall–Kier alpha value is -2.44. The maximum absolute atomic E-state index is 10.2. The molecule has 1 aromatic carbocycles. The molecule has 6 heteroatoms. The van der Waals surface area contributed by atoms with E-state index in [1.807, 2.05) is 24.3 Å². The number of nitrogens with one attached hydrogen (secondary N) is 1. The van der Waals surface area contributed by atoms with Gasteiger partial charge < -0.3 is 19.8 Å². The summed E-state index contributed by atoms with van der Waals surface area (Å²) >= 11 is 0. The van der Waals surface area contributed by atoms with E-state index in [1.54, 1.807) is 26.4 Å². The Balaban J connectivity index is 2.28. The molecule has 0 fully saturated rings. The quantitative estimate of drug-likeness (QED) is 0.652. The van der Waals surface area contributed by atoms with Gasteiger partial charge in [0.05, 0.1) is 45.6 Å². The van der Waals surface area contributed by atoms with E-state index in [9.17, 15) is 10.2 Å². The van der Waals surface area contributed by atoms with Crippen LogP contribution in [-0.2, 0) is 6.61 Å². The Kier molecular flexibility index (Phi) is 6.50. The van der Waals surface area contributed by atoms with Gasteiger partial charge in [0, 0.05) is 23.5 Å². The number of aryl methyl sites for hydroxylation is 1. The molecule has 134 valence electrons. The highest BCUT2D eigenvalue weighted by atomic mass is 16.5. The number of likely N-dealkylation sites (N-methyl/N-ethyl adjacent to an activating group) is 1. The third kappa shape index (κ3) is 4.35. The van der Waals surface area contributed by atoms with Gasteiger partial charge in [0.2, 0.25) is 0 Å². The Morgan fingerprint density at radius 2 is 2.04 bits per heavy atom. The number of methoxy groups -OCH3 is 1. The average Bonchev–Trinajstić information content (AvgIpc) is 2.62. The number of aliphatic hydroxyl groups is 1. The van der Waals surface area contributed by atoms with E-state index in [0.717, 1.165) is 11.3 Å². The van der Waals surface area contributed by atoms with Gasteiger partial charge >= 0.3 is 0 Å². The molecule has 2 aromatic rings. The van der Waals surface area contributed by atoms with Gasteiger partial charge in [-0.2, -0.15) is 0 Å². The summed E-state index contributed by atoms with van der Waals surface area (Å²) in [7, 11) is 5.80. The second-order valence-corrected chi connectivity index (χ2v) is 6.16. The molecule has 1 heterocycles. The molecule has 0 amide bonds. The van der Waals surface area contributed by atoms with Crippen LogP contribution in [0.3, 0.4) is 0 Å². The number of rotatable bonds is 7. The number of aromatic hydroxyl groups is 1. The Morgan fingerprint density at radius 1 is 1.32 bits per heavy atom. The van der Waals surface area contributed by atoms with Crippen molar-refractivity contribution in [3.63, 3.8) is 0 Å². The van der Waals surface area contributed by atoms with Crippen molar-refractivity contribution in [3.8, 4) is 11.5 Å². The van der Waals surface area contributed by atoms with Crippen LogP contribution in [0.1, 0.15) is 28.4 Å². The Labute approximate surface area is 148 Å². The SMILES string of the molecule is COc1ccccc1[C@@H](CN=Cc1c(CO)cnc(C)c1O)[NH+](C)C. The maximum Gasteiger partial charge on any atom is 0.145 e. The number of aromatic nitrogens is 1. The van der Waals surface area contributed by atoms with Crippen molar-refractivity contribution in [3.05, 3.63) is 52.8 Å². The zero-order valence-corrected chi connectivity index (χ0v) is 15.2. The van der Waals surface area contributed by atoms with Gasteiger partial charge in [0.15, 0.2) is 0 Å². The lowest BCUT2D eigenvalue weighted by molar-refractivity contribution is -0.890. The smallest absolute Gasteiger partial charge is 0.145 e. The second kappa shape index (κ2) is 8.60. The molecule has 0 unspecified atom stereocenters.